The molecular formula is C23H26ClFN2O3. The van der Waals surface area contributed by atoms with Gasteiger partial charge in [0.1, 0.15) is 17.6 Å². The molecule has 0 bridgehead atoms. The Balaban J connectivity index is 1.73. The Hall–Kier alpha value is -2.60. The number of hydrogen-bond donors (Lipinski definition) is 1. The molecule has 1 saturated carbocycles. The highest BCUT2D eigenvalue weighted by atomic mass is 35.5. The van der Waals surface area contributed by atoms with Crippen molar-refractivity contribution >= 4 is 23.4 Å². The van der Waals surface area contributed by atoms with Crippen LogP contribution in [0.3, 0.4) is 0 Å². The van der Waals surface area contributed by atoms with Crippen molar-refractivity contribution in [2.24, 2.45) is 0 Å². The third kappa shape index (κ3) is 5.72. The van der Waals surface area contributed by atoms with Crippen molar-refractivity contribution in [1.82, 2.24) is 10.2 Å². The minimum absolute atomic E-state index is 0.0311. The highest BCUT2D eigenvalue weighted by molar-refractivity contribution is 6.32. The predicted molar refractivity (Wildman–Crippen MR) is 114 cm³/mol. The highest BCUT2D eigenvalue weighted by Gasteiger charge is 2.29. The molecule has 7 heteroatoms. The van der Waals surface area contributed by atoms with E-state index in [1.807, 2.05) is 0 Å². The second kappa shape index (κ2) is 10.4. The van der Waals surface area contributed by atoms with Gasteiger partial charge in [-0.25, -0.2) is 4.39 Å². The van der Waals surface area contributed by atoms with Crippen LogP contribution in [0.15, 0.2) is 48.5 Å². The van der Waals surface area contributed by atoms with Gasteiger partial charge in [-0.2, -0.15) is 0 Å². The van der Waals surface area contributed by atoms with E-state index in [-0.39, 0.29) is 25.1 Å². The number of carbonyl (C=O) groups is 2. The molecule has 3 rings (SSSR count). The van der Waals surface area contributed by atoms with Gasteiger partial charge in [0.25, 0.3) is 5.91 Å². The Morgan fingerprint density at radius 1 is 1.17 bits per heavy atom. The molecule has 2 amide bonds. The number of rotatable bonds is 8. The first-order chi connectivity index (χ1) is 14.5. The highest BCUT2D eigenvalue weighted by Crippen LogP contribution is 2.23. The van der Waals surface area contributed by atoms with Gasteiger partial charge in [0, 0.05) is 18.2 Å². The summed E-state index contributed by atoms with van der Waals surface area (Å²) in [7, 11) is 0. The lowest BCUT2D eigenvalue weighted by atomic mass is 10.1. The SMILES string of the molecule is CC(C(=O)NC1CCCC1)N(Cc1ccccc1F)C(=O)COc1ccccc1Cl. The maximum Gasteiger partial charge on any atom is 0.261 e. The van der Waals surface area contributed by atoms with Gasteiger partial charge in [-0.05, 0) is 38.0 Å². The number of carbonyl (C=O) groups excluding carboxylic acids is 2. The summed E-state index contributed by atoms with van der Waals surface area (Å²) in [5.74, 6) is -0.719. The zero-order valence-electron chi connectivity index (χ0n) is 16.9. The summed E-state index contributed by atoms with van der Waals surface area (Å²) in [5.41, 5.74) is 0.337. The maximum absolute atomic E-state index is 14.2. The van der Waals surface area contributed by atoms with Crippen molar-refractivity contribution in [3.63, 3.8) is 0 Å². The number of amides is 2. The van der Waals surface area contributed by atoms with E-state index in [1.54, 1.807) is 49.4 Å². The number of ether oxygens (including phenoxy) is 1. The fraction of sp³-hybridized carbons (Fsp3) is 0.391. The summed E-state index contributed by atoms with van der Waals surface area (Å²) in [6.07, 6.45) is 4.05. The van der Waals surface area contributed by atoms with Crippen LogP contribution in [0.1, 0.15) is 38.2 Å². The fourth-order valence-corrected chi connectivity index (χ4v) is 3.76. The molecule has 1 atom stereocenters. The molecule has 5 nitrogen and oxygen atoms in total. The van der Waals surface area contributed by atoms with E-state index in [4.69, 9.17) is 16.3 Å². The van der Waals surface area contributed by atoms with Gasteiger partial charge in [0.05, 0.1) is 5.02 Å². The number of halogens is 2. The second-order valence-corrected chi connectivity index (χ2v) is 7.91. The molecule has 0 spiro atoms. The van der Waals surface area contributed by atoms with E-state index in [2.05, 4.69) is 5.32 Å². The molecule has 1 aliphatic carbocycles. The summed E-state index contributed by atoms with van der Waals surface area (Å²) in [4.78, 5) is 27.1. The number of para-hydroxylation sites is 1. The Kier molecular flexibility index (Phi) is 7.69. The van der Waals surface area contributed by atoms with Gasteiger partial charge in [0.2, 0.25) is 5.91 Å². The molecule has 1 unspecified atom stereocenters. The fourth-order valence-electron chi connectivity index (χ4n) is 3.57. The lowest BCUT2D eigenvalue weighted by Gasteiger charge is -2.29. The van der Waals surface area contributed by atoms with Gasteiger partial charge in [-0.15, -0.1) is 0 Å². The summed E-state index contributed by atoms with van der Waals surface area (Å²) < 4.78 is 19.8. The Morgan fingerprint density at radius 2 is 1.83 bits per heavy atom. The van der Waals surface area contributed by atoms with Crippen molar-refractivity contribution in [3.8, 4) is 5.75 Å². The van der Waals surface area contributed by atoms with Crippen molar-refractivity contribution < 1.29 is 18.7 Å². The van der Waals surface area contributed by atoms with Crippen molar-refractivity contribution in [3.05, 3.63) is 64.9 Å². The van der Waals surface area contributed by atoms with Gasteiger partial charge < -0.3 is 15.0 Å². The largest absolute Gasteiger partial charge is 0.482 e. The number of hydrogen-bond acceptors (Lipinski definition) is 3. The van der Waals surface area contributed by atoms with Crippen LogP contribution in [0, 0.1) is 5.82 Å². The predicted octanol–water partition coefficient (Wildman–Crippen LogP) is 4.33. The van der Waals surface area contributed by atoms with Crippen molar-refractivity contribution in [2.75, 3.05) is 6.61 Å². The van der Waals surface area contributed by atoms with Crippen molar-refractivity contribution in [1.29, 1.82) is 0 Å². The zero-order chi connectivity index (χ0) is 21.5. The quantitative estimate of drug-likeness (QED) is 0.675. The lowest BCUT2D eigenvalue weighted by Crippen LogP contribution is -2.50. The molecule has 0 aliphatic heterocycles. The molecule has 0 aromatic heterocycles. The van der Waals surface area contributed by atoms with Gasteiger partial charge in [0.15, 0.2) is 6.61 Å². The van der Waals surface area contributed by atoms with Crippen LogP contribution in [-0.4, -0.2) is 35.4 Å². The molecule has 0 saturated heterocycles. The number of nitrogens with one attached hydrogen (secondary N) is 1. The van der Waals surface area contributed by atoms with Gasteiger partial charge in [-0.1, -0.05) is 54.8 Å². The normalized spacial score (nSPS) is 14.9. The van der Waals surface area contributed by atoms with E-state index in [0.29, 0.717) is 16.3 Å². The van der Waals surface area contributed by atoms with Crippen LogP contribution >= 0.6 is 11.6 Å². The molecule has 1 aliphatic rings. The average molecular weight is 433 g/mol. The zero-order valence-corrected chi connectivity index (χ0v) is 17.7. The first kappa shape index (κ1) is 22.1. The van der Waals surface area contributed by atoms with Crippen LogP contribution in [0.5, 0.6) is 5.75 Å². The monoisotopic (exact) mass is 432 g/mol. The first-order valence-corrected chi connectivity index (χ1v) is 10.5. The van der Waals surface area contributed by atoms with Gasteiger partial charge in [-0.3, -0.25) is 9.59 Å². The molecule has 2 aromatic carbocycles. The molecule has 30 heavy (non-hydrogen) atoms. The molecule has 0 radical (unpaired) electrons. The third-order valence-electron chi connectivity index (χ3n) is 5.36. The molecule has 1 N–H and O–H groups in total. The van der Waals surface area contributed by atoms with E-state index in [0.717, 1.165) is 25.7 Å². The average Bonchev–Trinajstić information content (AvgIpc) is 3.25. The Morgan fingerprint density at radius 3 is 2.53 bits per heavy atom. The van der Waals surface area contributed by atoms with Gasteiger partial charge >= 0.3 is 0 Å². The standard InChI is InChI=1S/C23H26ClFN2O3/c1-16(23(29)26-18-9-3-4-10-18)27(14-17-8-2-6-12-20(17)25)22(28)15-30-21-13-7-5-11-19(21)24/h2,5-8,11-13,16,18H,3-4,9-10,14-15H2,1H3,(H,26,29). The Bertz CT molecular complexity index is 886. The van der Waals surface area contributed by atoms with E-state index in [1.165, 1.54) is 11.0 Å². The lowest BCUT2D eigenvalue weighted by molar-refractivity contribution is -0.142. The smallest absolute Gasteiger partial charge is 0.261 e. The summed E-state index contributed by atoms with van der Waals surface area (Å²) in [5, 5.41) is 3.40. The van der Waals surface area contributed by atoms with E-state index >= 15 is 0 Å². The second-order valence-electron chi connectivity index (χ2n) is 7.50. The van der Waals surface area contributed by atoms with E-state index < -0.39 is 17.8 Å². The minimum Gasteiger partial charge on any atom is -0.482 e. The molecule has 1 fully saturated rings. The van der Waals surface area contributed by atoms with Crippen LogP contribution in [0.4, 0.5) is 4.39 Å². The summed E-state index contributed by atoms with van der Waals surface area (Å²) >= 11 is 6.08. The van der Waals surface area contributed by atoms with Crippen molar-refractivity contribution in [2.45, 2.75) is 51.2 Å². The molecular weight excluding hydrogens is 407 g/mol. The maximum atomic E-state index is 14.2. The Labute approximate surface area is 181 Å². The minimum atomic E-state index is -0.771. The van der Waals surface area contributed by atoms with Crippen LogP contribution in [-0.2, 0) is 16.1 Å². The molecule has 160 valence electrons. The number of nitrogens with zero attached hydrogens (tertiary/aromatic N) is 1. The topological polar surface area (TPSA) is 58.6 Å². The third-order valence-corrected chi connectivity index (χ3v) is 5.67. The van der Waals surface area contributed by atoms with Crippen LogP contribution in [0.2, 0.25) is 5.02 Å². The summed E-state index contributed by atoms with van der Waals surface area (Å²) in [6, 6.07) is 12.4. The molecule has 2 aromatic rings. The number of benzene rings is 2. The first-order valence-electron chi connectivity index (χ1n) is 10.2. The van der Waals surface area contributed by atoms with Crippen LogP contribution in [0.25, 0.3) is 0 Å². The summed E-state index contributed by atoms with van der Waals surface area (Å²) in [6.45, 7) is 1.31. The molecule has 0 heterocycles. The van der Waals surface area contributed by atoms with E-state index in [9.17, 15) is 14.0 Å². The van der Waals surface area contributed by atoms with Crippen LogP contribution < -0.4 is 10.1 Å².